The number of carbonyl (C=O) groups excluding carboxylic acids is 1. The fourth-order valence-electron chi connectivity index (χ4n) is 3.67. The van der Waals surface area contributed by atoms with E-state index in [0.29, 0.717) is 47.3 Å². The van der Waals surface area contributed by atoms with Gasteiger partial charge in [0, 0.05) is 42.1 Å². The Morgan fingerprint density at radius 2 is 1.64 bits per heavy atom. The summed E-state index contributed by atoms with van der Waals surface area (Å²) in [6, 6.07) is 25.2. The van der Waals surface area contributed by atoms with Crippen molar-refractivity contribution in [3.63, 3.8) is 0 Å². The molecule has 9 nitrogen and oxygen atoms in total. The summed E-state index contributed by atoms with van der Waals surface area (Å²) in [7, 11) is 1.64. The summed E-state index contributed by atoms with van der Waals surface area (Å²) >= 11 is 0. The molecule has 1 aromatic heterocycles. The zero-order chi connectivity index (χ0) is 27.5. The van der Waals surface area contributed by atoms with Gasteiger partial charge in [-0.15, -0.1) is 0 Å². The van der Waals surface area contributed by atoms with E-state index in [-0.39, 0.29) is 19.1 Å². The van der Waals surface area contributed by atoms with Gasteiger partial charge in [0.2, 0.25) is 0 Å². The number of amides is 1. The topological polar surface area (TPSA) is 132 Å². The van der Waals surface area contributed by atoms with Crippen LogP contribution in [0.2, 0.25) is 0 Å². The van der Waals surface area contributed by atoms with Crippen LogP contribution < -0.4 is 25.8 Å². The van der Waals surface area contributed by atoms with Crippen LogP contribution in [0.25, 0.3) is 0 Å². The van der Waals surface area contributed by atoms with Crippen molar-refractivity contribution in [2.24, 2.45) is 0 Å². The zero-order valence-electron chi connectivity index (χ0n) is 21.5. The Kier molecular flexibility index (Phi) is 9.32. The number of hydrogen-bond acceptors (Lipinski definition) is 8. The lowest BCUT2D eigenvalue weighted by Gasteiger charge is -2.14. The monoisotopic (exact) mass is 523 g/mol. The highest BCUT2D eigenvalue weighted by atomic mass is 16.5. The third kappa shape index (κ3) is 7.71. The van der Waals surface area contributed by atoms with Crippen molar-refractivity contribution >= 4 is 23.1 Å². The first kappa shape index (κ1) is 27.0. The molecule has 4 aromatic rings. The largest absolute Gasteiger partial charge is 0.489 e. The Bertz CT molecular complexity index is 1450. The third-order valence-corrected chi connectivity index (χ3v) is 5.76. The van der Waals surface area contributed by atoms with E-state index in [0.717, 1.165) is 16.8 Å². The average Bonchev–Trinajstić information content (AvgIpc) is 2.96. The Morgan fingerprint density at radius 3 is 2.31 bits per heavy atom. The number of nitrogens with two attached hydrogens (primary N) is 1. The number of pyridine rings is 1. The number of rotatable bonds is 12. The number of nitrogens with zero attached hydrogens (tertiary/aromatic N) is 2. The van der Waals surface area contributed by atoms with Crippen molar-refractivity contribution in [2.75, 3.05) is 36.6 Å². The molecular weight excluding hydrogens is 494 g/mol. The number of hydrogen-bond donors (Lipinski definition) is 3. The predicted octanol–water partition coefficient (Wildman–Crippen LogP) is 5.00. The molecule has 0 aliphatic carbocycles. The van der Waals surface area contributed by atoms with Crippen LogP contribution >= 0.6 is 0 Å². The van der Waals surface area contributed by atoms with Gasteiger partial charge in [0.05, 0.1) is 30.1 Å². The number of methoxy groups -OCH3 is 1. The minimum Gasteiger partial charge on any atom is -0.489 e. The maximum absolute atomic E-state index is 13.2. The van der Waals surface area contributed by atoms with Gasteiger partial charge in [-0.1, -0.05) is 36.4 Å². The molecule has 3 aromatic carbocycles. The van der Waals surface area contributed by atoms with Gasteiger partial charge in [0.25, 0.3) is 5.91 Å². The van der Waals surface area contributed by atoms with E-state index in [4.69, 9.17) is 19.9 Å². The van der Waals surface area contributed by atoms with Crippen LogP contribution in [0.3, 0.4) is 0 Å². The van der Waals surface area contributed by atoms with Crippen LogP contribution in [0, 0.1) is 11.3 Å². The molecule has 0 fully saturated rings. The van der Waals surface area contributed by atoms with Crippen molar-refractivity contribution in [3.05, 3.63) is 107 Å². The first-order valence-corrected chi connectivity index (χ1v) is 12.3. The summed E-state index contributed by atoms with van der Waals surface area (Å²) < 4.78 is 17.0. The minimum atomic E-state index is -0.380. The van der Waals surface area contributed by atoms with Gasteiger partial charge in [-0.2, -0.15) is 5.26 Å². The van der Waals surface area contributed by atoms with Crippen molar-refractivity contribution in [1.29, 1.82) is 5.26 Å². The lowest BCUT2D eigenvalue weighted by Crippen LogP contribution is -2.14. The Morgan fingerprint density at radius 1 is 0.949 bits per heavy atom. The molecule has 0 unspecified atom stereocenters. The number of benzene rings is 3. The van der Waals surface area contributed by atoms with Gasteiger partial charge in [-0.3, -0.25) is 4.79 Å². The Balaban J connectivity index is 1.52. The van der Waals surface area contributed by atoms with Gasteiger partial charge in [-0.05, 0) is 36.4 Å². The fraction of sp³-hybridized carbons (Fsp3) is 0.167. The summed E-state index contributed by atoms with van der Waals surface area (Å²) in [6.45, 7) is 1.58. The number of ether oxygens (including phenoxy) is 3. The highest BCUT2D eigenvalue weighted by molar-refractivity contribution is 6.04. The van der Waals surface area contributed by atoms with Crippen molar-refractivity contribution in [3.8, 4) is 17.6 Å². The van der Waals surface area contributed by atoms with Crippen LogP contribution in [0.15, 0.2) is 85.1 Å². The lowest BCUT2D eigenvalue weighted by molar-refractivity contribution is 0.102. The molecule has 0 saturated heterocycles. The SMILES string of the molecule is COCCNc1ccc(NC(=O)c2cc(OCc3ccccc3N)cc(OCc3ccccc3C#N)c2)nc1. The van der Waals surface area contributed by atoms with Gasteiger partial charge in [0.15, 0.2) is 0 Å². The van der Waals surface area contributed by atoms with Crippen molar-refractivity contribution in [2.45, 2.75) is 13.2 Å². The third-order valence-electron chi connectivity index (χ3n) is 5.76. The van der Waals surface area contributed by atoms with E-state index in [1.165, 1.54) is 0 Å². The number of para-hydroxylation sites is 1. The van der Waals surface area contributed by atoms with Crippen LogP contribution in [0.1, 0.15) is 27.0 Å². The van der Waals surface area contributed by atoms with E-state index in [1.54, 1.807) is 55.8 Å². The van der Waals surface area contributed by atoms with Crippen LogP contribution in [0.5, 0.6) is 11.5 Å². The average molecular weight is 524 g/mol. The molecule has 0 saturated carbocycles. The van der Waals surface area contributed by atoms with E-state index in [1.807, 2.05) is 36.4 Å². The molecule has 39 heavy (non-hydrogen) atoms. The van der Waals surface area contributed by atoms with E-state index < -0.39 is 0 Å². The fourth-order valence-corrected chi connectivity index (χ4v) is 3.67. The molecule has 0 spiro atoms. The molecule has 1 heterocycles. The normalized spacial score (nSPS) is 10.4. The quantitative estimate of drug-likeness (QED) is 0.175. The van der Waals surface area contributed by atoms with Gasteiger partial charge < -0.3 is 30.6 Å². The van der Waals surface area contributed by atoms with E-state index in [2.05, 4.69) is 21.7 Å². The first-order chi connectivity index (χ1) is 19.1. The second kappa shape index (κ2) is 13.5. The molecule has 4 rings (SSSR count). The number of carbonyl (C=O) groups is 1. The molecule has 0 bridgehead atoms. The van der Waals surface area contributed by atoms with Gasteiger partial charge in [-0.25, -0.2) is 4.98 Å². The number of nitriles is 1. The Hall–Kier alpha value is -5.07. The predicted molar refractivity (Wildman–Crippen MR) is 150 cm³/mol. The second-order valence-corrected chi connectivity index (χ2v) is 8.54. The molecule has 0 atom stereocenters. The highest BCUT2D eigenvalue weighted by Crippen LogP contribution is 2.26. The van der Waals surface area contributed by atoms with Gasteiger partial charge in [0.1, 0.15) is 30.5 Å². The second-order valence-electron chi connectivity index (χ2n) is 8.54. The summed E-state index contributed by atoms with van der Waals surface area (Å²) in [6.07, 6.45) is 1.64. The highest BCUT2D eigenvalue weighted by Gasteiger charge is 2.13. The standard InChI is InChI=1S/C30H29N5O4/c1-37-13-12-33-25-10-11-29(34-18-25)35-30(36)24-14-26(38-19-22-7-3-2-6-21(22)17-31)16-27(15-24)39-20-23-8-4-5-9-28(23)32/h2-11,14-16,18,33H,12-13,19-20,32H2,1H3,(H,34,35,36). The molecule has 9 heteroatoms. The zero-order valence-corrected chi connectivity index (χ0v) is 21.5. The Labute approximate surface area is 227 Å². The smallest absolute Gasteiger partial charge is 0.257 e. The molecule has 0 aliphatic heterocycles. The number of anilines is 3. The summed E-state index contributed by atoms with van der Waals surface area (Å²) in [4.78, 5) is 17.5. The number of aromatic nitrogens is 1. The lowest BCUT2D eigenvalue weighted by atomic mass is 10.1. The minimum absolute atomic E-state index is 0.152. The van der Waals surface area contributed by atoms with Crippen LogP contribution in [-0.4, -0.2) is 31.2 Å². The summed E-state index contributed by atoms with van der Waals surface area (Å²) in [5, 5.41) is 15.4. The van der Waals surface area contributed by atoms with Crippen LogP contribution in [0.4, 0.5) is 17.2 Å². The maximum Gasteiger partial charge on any atom is 0.257 e. The number of nitrogen functional groups attached to an aromatic ring is 1. The molecule has 1 amide bonds. The summed E-state index contributed by atoms with van der Waals surface area (Å²) in [5.41, 5.74) is 9.87. The first-order valence-electron chi connectivity index (χ1n) is 12.3. The molecule has 0 radical (unpaired) electrons. The van der Waals surface area contributed by atoms with Crippen molar-refractivity contribution < 1.29 is 19.0 Å². The van der Waals surface area contributed by atoms with E-state index in [9.17, 15) is 10.1 Å². The molecule has 198 valence electrons. The summed E-state index contributed by atoms with van der Waals surface area (Å²) in [5.74, 6) is 0.859. The maximum atomic E-state index is 13.2. The molecular formula is C30H29N5O4. The number of nitrogens with one attached hydrogen (secondary N) is 2. The van der Waals surface area contributed by atoms with Crippen molar-refractivity contribution in [1.82, 2.24) is 4.98 Å². The molecule has 4 N–H and O–H groups in total. The van der Waals surface area contributed by atoms with Crippen LogP contribution in [-0.2, 0) is 18.0 Å². The molecule has 0 aliphatic rings. The van der Waals surface area contributed by atoms with Gasteiger partial charge >= 0.3 is 0 Å². The van der Waals surface area contributed by atoms with E-state index >= 15 is 0 Å².